The molecule has 5 nitrogen and oxygen atoms in total. The summed E-state index contributed by atoms with van der Waals surface area (Å²) in [5.41, 5.74) is 10.3. The SMILES string of the molecule is Cc1nn(C)cc1-c1nn(C)c(N)c1-c1ccc(F)cc1. The molecule has 21 heavy (non-hydrogen) atoms. The lowest BCUT2D eigenvalue weighted by Gasteiger charge is -2.03. The van der Waals surface area contributed by atoms with Gasteiger partial charge in [0.1, 0.15) is 17.3 Å². The van der Waals surface area contributed by atoms with Gasteiger partial charge in [0.05, 0.1) is 11.3 Å². The Hall–Kier alpha value is -2.63. The van der Waals surface area contributed by atoms with Gasteiger partial charge in [-0.25, -0.2) is 4.39 Å². The van der Waals surface area contributed by atoms with Crippen LogP contribution in [-0.4, -0.2) is 19.6 Å². The van der Waals surface area contributed by atoms with Crippen LogP contribution in [-0.2, 0) is 14.1 Å². The average molecular weight is 285 g/mol. The Morgan fingerprint density at radius 1 is 1.10 bits per heavy atom. The van der Waals surface area contributed by atoms with E-state index in [4.69, 9.17) is 5.73 Å². The second-order valence-electron chi connectivity index (χ2n) is 5.04. The van der Waals surface area contributed by atoms with E-state index >= 15 is 0 Å². The molecular weight excluding hydrogens is 269 g/mol. The summed E-state index contributed by atoms with van der Waals surface area (Å²) in [6.07, 6.45) is 1.91. The topological polar surface area (TPSA) is 61.7 Å². The molecule has 3 rings (SSSR count). The van der Waals surface area contributed by atoms with Crippen molar-refractivity contribution >= 4 is 5.82 Å². The molecule has 3 aromatic rings. The van der Waals surface area contributed by atoms with Gasteiger partial charge in [-0.05, 0) is 24.6 Å². The number of halogens is 1. The van der Waals surface area contributed by atoms with Crippen LogP contribution in [0.25, 0.3) is 22.4 Å². The first-order valence-electron chi connectivity index (χ1n) is 6.56. The summed E-state index contributed by atoms with van der Waals surface area (Å²) in [6, 6.07) is 6.25. The van der Waals surface area contributed by atoms with Gasteiger partial charge in [0.15, 0.2) is 0 Å². The zero-order chi connectivity index (χ0) is 15.1. The molecule has 0 atom stereocenters. The number of rotatable bonds is 2. The fraction of sp³-hybridized carbons (Fsp3) is 0.200. The molecule has 0 saturated carbocycles. The standard InChI is InChI=1S/C15H16FN5/c1-9-12(8-20(2)18-9)14-13(15(17)21(3)19-14)10-4-6-11(16)7-5-10/h4-8H,17H2,1-3H3. The van der Waals surface area contributed by atoms with E-state index in [0.717, 1.165) is 28.1 Å². The third-order valence-electron chi connectivity index (χ3n) is 3.49. The zero-order valence-corrected chi connectivity index (χ0v) is 12.1. The van der Waals surface area contributed by atoms with Crippen LogP contribution in [0.15, 0.2) is 30.5 Å². The van der Waals surface area contributed by atoms with Crippen LogP contribution in [0, 0.1) is 12.7 Å². The Labute approximate surface area is 121 Å². The van der Waals surface area contributed by atoms with E-state index in [2.05, 4.69) is 10.2 Å². The number of hydrogen-bond acceptors (Lipinski definition) is 3. The predicted molar refractivity (Wildman–Crippen MR) is 80.0 cm³/mol. The molecule has 0 bridgehead atoms. The maximum atomic E-state index is 13.1. The molecule has 0 aliphatic heterocycles. The first-order chi connectivity index (χ1) is 9.97. The Morgan fingerprint density at radius 3 is 2.33 bits per heavy atom. The van der Waals surface area contributed by atoms with Crippen LogP contribution in [0.2, 0.25) is 0 Å². The summed E-state index contributed by atoms with van der Waals surface area (Å²) >= 11 is 0. The average Bonchev–Trinajstić information content (AvgIpc) is 2.92. The van der Waals surface area contributed by atoms with E-state index in [9.17, 15) is 4.39 Å². The molecule has 0 saturated heterocycles. The van der Waals surface area contributed by atoms with Crippen LogP contribution in [0.1, 0.15) is 5.69 Å². The minimum Gasteiger partial charge on any atom is -0.383 e. The minimum absolute atomic E-state index is 0.277. The fourth-order valence-electron chi connectivity index (χ4n) is 2.46. The summed E-state index contributed by atoms with van der Waals surface area (Å²) in [5.74, 6) is 0.264. The number of nitrogens with zero attached hydrogens (tertiary/aromatic N) is 4. The van der Waals surface area contributed by atoms with Gasteiger partial charge >= 0.3 is 0 Å². The quantitative estimate of drug-likeness (QED) is 0.787. The molecule has 0 fully saturated rings. The molecule has 2 heterocycles. The predicted octanol–water partition coefficient (Wildman–Crippen LogP) is 2.52. The van der Waals surface area contributed by atoms with Crippen LogP contribution < -0.4 is 5.73 Å². The second kappa shape index (κ2) is 4.73. The first kappa shape index (κ1) is 13.4. The van der Waals surface area contributed by atoms with Crippen molar-refractivity contribution in [1.29, 1.82) is 0 Å². The normalized spacial score (nSPS) is 11.0. The second-order valence-corrected chi connectivity index (χ2v) is 5.04. The number of aryl methyl sites for hydroxylation is 3. The van der Waals surface area contributed by atoms with E-state index in [1.807, 2.05) is 20.2 Å². The van der Waals surface area contributed by atoms with Gasteiger partial charge in [-0.3, -0.25) is 9.36 Å². The third kappa shape index (κ3) is 2.18. The highest BCUT2D eigenvalue weighted by Crippen LogP contribution is 2.36. The smallest absolute Gasteiger partial charge is 0.129 e. The van der Waals surface area contributed by atoms with Gasteiger partial charge in [0, 0.05) is 25.9 Å². The van der Waals surface area contributed by atoms with Gasteiger partial charge in [0.2, 0.25) is 0 Å². The molecule has 2 aromatic heterocycles. The summed E-state index contributed by atoms with van der Waals surface area (Å²) in [7, 11) is 3.65. The van der Waals surface area contributed by atoms with Gasteiger partial charge in [-0.15, -0.1) is 0 Å². The van der Waals surface area contributed by atoms with Crippen molar-refractivity contribution in [3.63, 3.8) is 0 Å². The van der Waals surface area contributed by atoms with Crippen molar-refractivity contribution in [3.05, 3.63) is 42.0 Å². The van der Waals surface area contributed by atoms with Gasteiger partial charge in [-0.1, -0.05) is 12.1 Å². The number of aromatic nitrogens is 4. The van der Waals surface area contributed by atoms with Gasteiger partial charge in [0.25, 0.3) is 0 Å². The maximum absolute atomic E-state index is 13.1. The summed E-state index contributed by atoms with van der Waals surface area (Å²) in [6.45, 7) is 1.93. The molecule has 0 radical (unpaired) electrons. The molecule has 1 aromatic carbocycles. The number of nitrogens with two attached hydrogens (primary N) is 1. The number of anilines is 1. The highest BCUT2D eigenvalue weighted by molar-refractivity contribution is 5.88. The van der Waals surface area contributed by atoms with Crippen LogP contribution in [0.4, 0.5) is 10.2 Å². The van der Waals surface area contributed by atoms with Crippen molar-refractivity contribution < 1.29 is 4.39 Å². The van der Waals surface area contributed by atoms with Crippen molar-refractivity contribution in [1.82, 2.24) is 19.6 Å². The molecule has 0 aliphatic carbocycles. The van der Waals surface area contributed by atoms with Crippen molar-refractivity contribution in [2.75, 3.05) is 5.73 Å². The number of benzene rings is 1. The fourth-order valence-corrected chi connectivity index (χ4v) is 2.46. The molecular formula is C15H16FN5. The van der Waals surface area contributed by atoms with Crippen molar-refractivity contribution in [2.45, 2.75) is 6.92 Å². The lowest BCUT2D eigenvalue weighted by Crippen LogP contribution is -1.97. The molecule has 108 valence electrons. The van der Waals surface area contributed by atoms with Crippen molar-refractivity contribution in [3.8, 4) is 22.4 Å². The van der Waals surface area contributed by atoms with E-state index in [1.54, 1.807) is 28.5 Å². The monoisotopic (exact) mass is 285 g/mol. The van der Waals surface area contributed by atoms with Crippen LogP contribution in [0.3, 0.4) is 0 Å². The maximum Gasteiger partial charge on any atom is 0.129 e. The lowest BCUT2D eigenvalue weighted by molar-refractivity contribution is 0.628. The number of hydrogen-bond donors (Lipinski definition) is 1. The third-order valence-corrected chi connectivity index (χ3v) is 3.49. The number of nitrogen functional groups attached to an aromatic ring is 1. The summed E-state index contributed by atoms with van der Waals surface area (Å²) in [4.78, 5) is 0. The minimum atomic E-state index is -0.277. The largest absolute Gasteiger partial charge is 0.383 e. The highest BCUT2D eigenvalue weighted by Gasteiger charge is 2.20. The molecule has 0 unspecified atom stereocenters. The Kier molecular flexibility index (Phi) is 3.01. The molecule has 0 spiro atoms. The first-order valence-corrected chi connectivity index (χ1v) is 6.56. The van der Waals surface area contributed by atoms with Gasteiger partial charge < -0.3 is 5.73 Å². The van der Waals surface area contributed by atoms with E-state index in [1.165, 1.54) is 12.1 Å². The molecule has 0 amide bonds. The summed E-state index contributed by atoms with van der Waals surface area (Å²) in [5, 5.41) is 8.84. The summed E-state index contributed by atoms with van der Waals surface area (Å²) < 4.78 is 16.5. The van der Waals surface area contributed by atoms with Gasteiger partial charge in [-0.2, -0.15) is 10.2 Å². The van der Waals surface area contributed by atoms with Crippen molar-refractivity contribution in [2.24, 2.45) is 14.1 Å². The molecule has 6 heteroatoms. The van der Waals surface area contributed by atoms with E-state index < -0.39 is 0 Å². The van der Waals surface area contributed by atoms with E-state index in [-0.39, 0.29) is 5.82 Å². The lowest BCUT2D eigenvalue weighted by atomic mass is 10.0. The molecule has 2 N–H and O–H groups in total. The Balaban J connectivity index is 2.25. The Morgan fingerprint density at radius 2 is 1.76 bits per heavy atom. The van der Waals surface area contributed by atoms with Crippen LogP contribution in [0.5, 0.6) is 0 Å². The van der Waals surface area contributed by atoms with Crippen LogP contribution >= 0.6 is 0 Å². The molecule has 0 aliphatic rings. The Bertz CT molecular complexity index is 798. The van der Waals surface area contributed by atoms with E-state index in [0.29, 0.717) is 5.82 Å². The zero-order valence-electron chi connectivity index (χ0n) is 12.1. The highest BCUT2D eigenvalue weighted by atomic mass is 19.1.